The Morgan fingerprint density at radius 3 is 2.59 bits per heavy atom. The highest BCUT2D eigenvalue weighted by molar-refractivity contribution is 7.07. The van der Waals surface area contributed by atoms with Gasteiger partial charge in [0, 0.05) is 30.3 Å². The molecular formula is C35H30ClN3O6S. The van der Waals surface area contributed by atoms with E-state index in [1.807, 2.05) is 50.2 Å². The van der Waals surface area contributed by atoms with E-state index in [0.717, 1.165) is 10.8 Å². The third-order valence-electron chi connectivity index (χ3n) is 8.11. The van der Waals surface area contributed by atoms with Gasteiger partial charge in [-0.2, -0.15) is 0 Å². The zero-order valence-corrected chi connectivity index (χ0v) is 27.1. The number of carbonyl (C=O) groups excluding carboxylic acids is 1. The average Bonchev–Trinajstić information content (AvgIpc) is 3.64. The first kappa shape index (κ1) is 31.1. The maximum absolute atomic E-state index is 14.3. The lowest BCUT2D eigenvalue weighted by Gasteiger charge is -2.30. The largest absolute Gasteiger partial charge is 0.496 e. The molecule has 0 unspecified atom stereocenters. The number of halogens is 1. The highest BCUT2D eigenvalue weighted by Gasteiger charge is 2.36. The van der Waals surface area contributed by atoms with Crippen LogP contribution in [0.1, 0.15) is 48.5 Å². The van der Waals surface area contributed by atoms with Gasteiger partial charge in [0.05, 0.1) is 33.5 Å². The van der Waals surface area contributed by atoms with Gasteiger partial charge in [-0.3, -0.25) is 14.2 Å². The number of hydrogen-bond acceptors (Lipinski definition) is 7. The van der Waals surface area contributed by atoms with Crippen molar-refractivity contribution >= 4 is 51.7 Å². The number of allylic oxidation sites excluding steroid dienone is 1. The predicted molar refractivity (Wildman–Crippen MR) is 178 cm³/mol. The average molecular weight is 656 g/mol. The first-order valence-electron chi connectivity index (χ1n) is 14.7. The second kappa shape index (κ2) is 12.5. The van der Waals surface area contributed by atoms with Crippen LogP contribution in [0.3, 0.4) is 0 Å². The first-order chi connectivity index (χ1) is 22.2. The second-order valence-corrected chi connectivity index (χ2v) is 12.1. The minimum Gasteiger partial charge on any atom is -0.496 e. The van der Waals surface area contributed by atoms with E-state index in [0.29, 0.717) is 62.1 Å². The fourth-order valence-corrected chi connectivity index (χ4v) is 7.07. The quantitative estimate of drug-likeness (QED) is 0.223. The molecule has 46 heavy (non-hydrogen) atoms. The maximum Gasteiger partial charge on any atom is 0.337 e. The SMILES string of the molecule is CCN(CC)C(=O)C1=C(C)N=c2s/c(=C/c3ccc(-c4ccc(Cl)c(C(=O)O)c4)o3)c(=O)n2[C@H]1c1c(OC)ccc2ccccc12. The van der Waals surface area contributed by atoms with E-state index in [9.17, 15) is 19.5 Å². The van der Waals surface area contributed by atoms with Gasteiger partial charge in [-0.25, -0.2) is 9.79 Å². The monoisotopic (exact) mass is 655 g/mol. The number of thiazole rings is 1. The third-order valence-corrected chi connectivity index (χ3v) is 9.42. The van der Waals surface area contributed by atoms with Gasteiger partial charge < -0.3 is 19.2 Å². The van der Waals surface area contributed by atoms with Crippen molar-refractivity contribution in [2.24, 2.45) is 4.99 Å². The Labute approximate surface area is 272 Å². The zero-order valence-electron chi connectivity index (χ0n) is 25.5. The van der Waals surface area contributed by atoms with Crippen molar-refractivity contribution in [2.45, 2.75) is 26.8 Å². The van der Waals surface area contributed by atoms with Crippen LogP contribution in [0, 0.1) is 0 Å². The molecule has 1 aliphatic rings. The number of aromatic nitrogens is 1. The minimum absolute atomic E-state index is 0.0419. The molecule has 1 amide bonds. The van der Waals surface area contributed by atoms with Crippen LogP contribution in [0.2, 0.25) is 5.02 Å². The Balaban J connectivity index is 1.55. The second-order valence-electron chi connectivity index (χ2n) is 10.7. The summed E-state index contributed by atoms with van der Waals surface area (Å²) in [5.74, 6) is 0.0180. The zero-order chi connectivity index (χ0) is 32.7. The summed E-state index contributed by atoms with van der Waals surface area (Å²) in [5, 5.41) is 11.4. The molecule has 0 spiro atoms. The van der Waals surface area contributed by atoms with Crippen molar-refractivity contribution in [3.8, 4) is 17.1 Å². The smallest absolute Gasteiger partial charge is 0.337 e. The summed E-state index contributed by atoms with van der Waals surface area (Å²) in [4.78, 5) is 47.0. The van der Waals surface area contributed by atoms with Crippen molar-refractivity contribution in [3.05, 3.63) is 120 Å². The summed E-state index contributed by atoms with van der Waals surface area (Å²) in [6.45, 7) is 6.64. The highest BCUT2D eigenvalue weighted by atomic mass is 35.5. The number of aromatic carboxylic acids is 1. The van der Waals surface area contributed by atoms with E-state index < -0.39 is 12.0 Å². The van der Waals surface area contributed by atoms with E-state index >= 15 is 0 Å². The van der Waals surface area contributed by atoms with Crippen LogP contribution >= 0.6 is 22.9 Å². The van der Waals surface area contributed by atoms with E-state index in [1.165, 1.54) is 23.5 Å². The molecule has 0 radical (unpaired) electrons. The lowest BCUT2D eigenvalue weighted by molar-refractivity contribution is -0.127. The fraction of sp³-hybridized carbons (Fsp3) is 0.200. The number of rotatable bonds is 8. The Morgan fingerprint density at radius 1 is 1.11 bits per heavy atom. The molecule has 1 aliphatic heterocycles. The predicted octanol–water partition coefficient (Wildman–Crippen LogP) is 5.88. The normalized spacial score (nSPS) is 14.7. The topological polar surface area (TPSA) is 114 Å². The van der Waals surface area contributed by atoms with Crippen LogP contribution < -0.4 is 19.6 Å². The van der Waals surface area contributed by atoms with Gasteiger partial charge in [-0.1, -0.05) is 53.3 Å². The van der Waals surface area contributed by atoms with Crippen molar-refractivity contribution in [1.29, 1.82) is 0 Å². The first-order valence-corrected chi connectivity index (χ1v) is 15.9. The molecule has 6 rings (SSSR count). The number of ether oxygens (including phenoxy) is 1. The molecule has 1 atom stereocenters. The lowest BCUT2D eigenvalue weighted by atomic mass is 9.90. The summed E-state index contributed by atoms with van der Waals surface area (Å²) < 4.78 is 13.8. The number of methoxy groups -OCH3 is 1. The van der Waals surface area contributed by atoms with Crippen LogP contribution in [0.5, 0.6) is 5.75 Å². The summed E-state index contributed by atoms with van der Waals surface area (Å²) in [7, 11) is 1.58. The number of furan rings is 1. The molecule has 3 aromatic carbocycles. The molecule has 0 saturated heterocycles. The number of nitrogens with zero attached hydrogens (tertiary/aromatic N) is 3. The van der Waals surface area contributed by atoms with Crippen LogP contribution in [0.25, 0.3) is 28.2 Å². The number of likely N-dealkylation sites (N-methyl/N-ethyl adjacent to an activating group) is 1. The van der Waals surface area contributed by atoms with Crippen LogP contribution in [0.4, 0.5) is 0 Å². The molecule has 0 bridgehead atoms. The Kier molecular flexibility index (Phi) is 8.41. The van der Waals surface area contributed by atoms with Gasteiger partial charge in [-0.15, -0.1) is 0 Å². The van der Waals surface area contributed by atoms with Crippen LogP contribution in [-0.2, 0) is 4.79 Å². The van der Waals surface area contributed by atoms with Crippen molar-refractivity contribution in [3.63, 3.8) is 0 Å². The van der Waals surface area contributed by atoms with E-state index in [-0.39, 0.29) is 22.1 Å². The number of carbonyl (C=O) groups is 2. The van der Waals surface area contributed by atoms with Crippen molar-refractivity contribution in [2.75, 3.05) is 20.2 Å². The maximum atomic E-state index is 14.3. The number of hydrogen-bond donors (Lipinski definition) is 1. The van der Waals surface area contributed by atoms with Gasteiger partial charge in [-0.05, 0) is 67.9 Å². The third kappa shape index (κ3) is 5.33. The lowest BCUT2D eigenvalue weighted by Crippen LogP contribution is -2.43. The number of amides is 1. The molecule has 0 aliphatic carbocycles. The van der Waals surface area contributed by atoms with E-state index in [4.69, 9.17) is 25.7 Å². The number of carboxylic acids is 1. The summed E-state index contributed by atoms with van der Waals surface area (Å²) in [6.07, 6.45) is 1.63. The standard InChI is InChI=1S/C35H30ClN3O6S/c1-5-38(6-2)33(41)29-19(3)37-35-39(31(29)30-23-10-8-7-9-20(23)12-15-27(30)44-4)32(40)28(46-35)18-22-13-16-26(45-22)21-11-14-25(36)24(17-21)34(42)43/h7-18,31H,5-6H2,1-4H3,(H,42,43)/b28-18+/t31-/m1/s1. The van der Waals surface area contributed by atoms with Crippen LogP contribution in [0.15, 0.2) is 92.2 Å². The molecular weight excluding hydrogens is 626 g/mol. The van der Waals surface area contributed by atoms with Gasteiger partial charge in [0.2, 0.25) is 0 Å². The molecule has 11 heteroatoms. The molecule has 0 saturated carbocycles. The van der Waals surface area contributed by atoms with Gasteiger partial charge in [0.15, 0.2) is 4.80 Å². The van der Waals surface area contributed by atoms with E-state index in [1.54, 1.807) is 47.8 Å². The highest BCUT2D eigenvalue weighted by Crippen LogP contribution is 2.40. The fourth-order valence-electron chi connectivity index (χ4n) is 5.84. The number of carboxylic acid groups (broad SMARTS) is 1. The summed E-state index contributed by atoms with van der Waals surface area (Å²) >= 11 is 7.24. The molecule has 5 aromatic rings. The van der Waals surface area contributed by atoms with Gasteiger partial charge >= 0.3 is 5.97 Å². The summed E-state index contributed by atoms with van der Waals surface area (Å²) in [6, 6.07) is 18.8. The molecule has 9 nitrogen and oxygen atoms in total. The van der Waals surface area contributed by atoms with Crippen molar-refractivity contribution in [1.82, 2.24) is 9.47 Å². The van der Waals surface area contributed by atoms with Gasteiger partial charge in [0.25, 0.3) is 11.5 Å². The molecule has 234 valence electrons. The summed E-state index contributed by atoms with van der Waals surface area (Å²) in [5.41, 5.74) is 1.80. The minimum atomic E-state index is -1.15. The Morgan fingerprint density at radius 2 is 1.87 bits per heavy atom. The van der Waals surface area contributed by atoms with E-state index in [2.05, 4.69) is 0 Å². The van der Waals surface area contributed by atoms with Crippen LogP contribution in [-0.4, -0.2) is 46.6 Å². The van der Waals surface area contributed by atoms with Gasteiger partial charge in [0.1, 0.15) is 23.3 Å². The Bertz CT molecular complexity index is 2240. The Hall–Kier alpha value is -4.93. The molecule has 1 N–H and O–H groups in total. The number of benzene rings is 3. The van der Waals surface area contributed by atoms with Crippen molar-refractivity contribution < 1.29 is 23.8 Å². The molecule has 2 aromatic heterocycles. The molecule has 0 fully saturated rings. The molecule has 3 heterocycles. The number of fused-ring (bicyclic) bond motifs is 2.